The molecule has 0 aromatic heterocycles. The topological polar surface area (TPSA) is 9.23 Å². The first kappa shape index (κ1) is 24.8. The summed E-state index contributed by atoms with van der Waals surface area (Å²) in [7, 11) is 0. The molecule has 1 aliphatic rings. The maximum Gasteiger partial charge on any atom is 0.458 e. The van der Waals surface area contributed by atoms with Crippen molar-refractivity contribution in [3.63, 3.8) is 0 Å². The van der Waals surface area contributed by atoms with Crippen LogP contribution in [0.1, 0.15) is 54.7 Å². The second-order valence-electron chi connectivity index (χ2n) is 8.37. The molecule has 0 unspecified atom stereocenters. The van der Waals surface area contributed by atoms with Crippen LogP contribution >= 0.6 is 0 Å². The van der Waals surface area contributed by atoms with E-state index in [-0.39, 0.29) is 0 Å². The highest BCUT2D eigenvalue weighted by molar-refractivity contribution is 5.87. The lowest BCUT2D eigenvalue weighted by Crippen LogP contribution is -2.22. The molecule has 35 heavy (non-hydrogen) atoms. The summed E-state index contributed by atoms with van der Waals surface area (Å²) in [4.78, 5) is 0. The smallest absolute Gasteiger partial charge is 0.429 e. The lowest BCUT2D eigenvalue weighted by atomic mass is 9.84. The van der Waals surface area contributed by atoms with Crippen LogP contribution in [0, 0.1) is 29.3 Å². The number of benzene rings is 3. The van der Waals surface area contributed by atoms with Crippen LogP contribution in [0.5, 0.6) is 5.75 Å². The molecule has 184 valence electrons. The van der Waals surface area contributed by atoms with Gasteiger partial charge < -0.3 is 4.74 Å². The van der Waals surface area contributed by atoms with Crippen molar-refractivity contribution in [2.24, 2.45) is 0 Å². The zero-order valence-electron chi connectivity index (χ0n) is 18.1. The van der Waals surface area contributed by atoms with Gasteiger partial charge in [0, 0.05) is 12.0 Å². The second kappa shape index (κ2) is 9.40. The molecule has 0 aliphatic heterocycles. The van der Waals surface area contributed by atoms with E-state index in [1.165, 1.54) is 18.1 Å². The van der Waals surface area contributed by atoms with Crippen molar-refractivity contribution in [1.82, 2.24) is 0 Å². The van der Waals surface area contributed by atoms with Gasteiger partial charge >= 0.3 is 12.3 Å². The first-order valence-corrected chi connectivity index (χ1v) is 10.8. The molecule has 1 saturated carbocycles. The van der Waals surface area contributed by atoms with Crippen molar-refractivity contribution in [3.8, 4) is 17.6 Å². The van der Waals surface area contributed by atoms with E-state index >= 15 is 0 Å². The van der Waals surface area contributed by atoms with Gasteiger partial charge in [0.1, 0.15) is 17.4 Å². The van der Waals surface area contributed by atoms with Gasteiger partial charge in [-0.15, -0.1) is 0 Å². The summed E-state index contributed by atoms with van der Waals surface area (Å²) in [5.41, 5.74) is -0.838. The van der Waals surface area contributed by atoms with E-state index in [0.29, 0.717) is 24.0 Å². The normalized spacial score (nSPS) is 15.1. The highest BCUT2D eigenvalue weighted by Gasteiger charge is 2.35. The van der Waals surface area contributed by atoms with Gasteiger partial charge in [0.25, 0.3) is 0 Å². The average Bonchev–Trinajstić information content (AvgIpc) is 2.78. The number of rotatable bonds is 4. The lowest BCUT2D eigenvalue weighted by molar-refractivity contribution is -0.185. The maximum atomic E-state index is 14.8. The van der Waals surface area contributed by atoms with Gasteiger partial charge in [-0.25, -0.2) is 13.2 Å². The fourth-order valence-corrected chi connectivity index (χ4v) is 4.29. The van der Waals surface area contributed by atoms with Gasteiger partial charge in [-0.1, -0.05) is 37.3 Å². The Morgan fingerprint density at radius 1 is 0.800 bits per heavy atom. The molecule has 9 heteroatoms. The van der Waals surface area contributed by atoms with E-state index in [9.17, 15) is 35.1 Å². The molecule has 0 radical (unpaired) electrons. The number of hydrogen-bond acceptors (Lipinski definition) is 1. The number of hydrogen-bond donors (Lipinski definition) is 0. The zero-order valence-corrected chi connectivity index (χ0v) is 18.1. The summed E-state index contributed by atoms with van der Waals surface area (Å²) >= 11 is 0. The molecule has 0 bridgehead atoms. The summed E-state index contributed by atoms with van der Waals surface area (Å²) in [5.74, 6) is -3.01. The predicted octanol–water partition coefficient (Wildman–Crippen LogP) is 8.35. The van der Waals surface area contributed by atoms with Gasteiger partial charge in [0.15, 0.2) is 5.82 Å². The SMILES string of the molecule is Fc1cc2cc(OC(F)(F)c3ccc(C4CCCCC4)cc3)cc(F)c2c(F)c1C#CC(F)(F)F. The van der Waals surface area contributed by atoms with Gasteiger partial charge in [-0.3, -0.25) is 0 Å². The summed E-state index contributed by atoms with van der Waals surface area (Å²) in [6.45, 7) is 0. The molecule has 1 aliphatic carbocycles. The minimum absolute atomic E-state index is 0.303. The molecular formula is C26H18F8O. The first-order valence-electron chi connectivity index (χ1n) is 10.8. The Balaban J connectivity index is 1.63. The average molecular weight is 498 g/mol. The van der Waals surface area contributed by atoms with Crippen molar-refractivity contribution < 1.29 is 39.9 Å². The molecule has 4 rings (SSSR count). The molecule has 3 aromatic rings. The largest absolute Gasteiger partial charge is 0.458 e. The minimum Gasteiger partial charge on any atom is -0.429 e. The van der Waals surface area contributed by atoms with E-state index in [4.69, 9.17) is 0 Å². The van der Waals surface area contributed by atoms with E-state index in [0.717, 1.165) is 43.7 Å². The molecular weight excluding hydrogens is 480 g/mol. The van der Waals surface area contributed by atoms with Crippen LogP contribution in [0.25, 0.3) is 10.8 Å². The third-order valence-corrected chi connectivity index (χ3v) is 5.95. The maximum absolute atomic E-state index is 14.8. The molecule has 0 spiro atoms. The molecule has 0 atom stereocenters. The Labute approximate surface area is 195 Å². The summed E-state index contributed by atoms with van der Waals surface area (Å²) < 4.78 is 114. The molecule has 1 fully saturated rings. The van der Waals surface area contributed by atoms with Gasteiger partial charge in [-0.05, 0) is 54.0 Å². The van der Waals surface area contributed by atoms with Crippen molar-refractivity contribution in [2.45, 2.75) is 50.3 Å². The van der Waals surface area contributed by atoms with E-state index in [1.54, 1.807) is 12.1 Å². The number of ether oxygens (including phenoxy) is 1. The predicted molar refractivity (Wildman–Crippen MR) is 114 cm³/mol. The summed E-state index contributed by atoms with van der Waals surface area (Å²) in [6, 6.07) is 7.35. The van der Waals surface area contributed by atoms with E-state index < -0.39 is 57.4 Å². The van der Waals surface area contributed by atoms with Gasteiger partial charge in [0.2, 0.25) is 0 Å². The number of halogens is 8. The molecule has 0 heterocycles. The molecule has 3 aromatic carbocycles. The number of fused-ring (bicyclic) bond motifs is 1. The van der Waals surface area contributed by atoms with Crippen molar-refractivity contribution in [1.29, 1.82) is 0 Å². The van der Waals surface area contributed by atoms with Crippen LogP contribution in [0.3, 0.4) is 0 Å². The van der Waals surface area contributed by atoms with Crippen LogP contribution in [0.15, 0.2) is 42.5 Å². The number of alkyl halides is 5. The molecule has 0 saturated heterocycles. The van der Waals surface area contributed by atoms with Crippen LogP contribution < -0.4 is 4.74 Å². The first-order chi connectivity index (χ1) is 16.4. The van der Waals surface area contributed by atoms with E-state index in [1.807, 2.05) is 0 Å². The van der Waals surface area contributed by atoms with Gasteiger partial charge in [0.05, 0.1) is 16.5 Å². The Bertz CT molecular complexity index is 1290. The lowest BCUT2D eigenvalue weighted by Gasteiger charge is -2.23. The van der Waals surface area contributed by atoms with Crippen LogP contribution in [0.2, 0.25) is 0 Å². The van der Waals surface area contributed by atoms with Crippen LogP contribution in [-0.2, 0) is 6.11 Å². The Hall–Kier alpha value is -3.28. The van der Waals surface area contributed by atoms with Crippen molar-refractivity contribution >= 4 is 10.8 Å². The van der Waals surface area contributed by atoms with E-state index in [2.05, 4.69) is 4.74 Å². The Kier molecular flexibility index (Phi) is 6.67. The third kappa shape index (κ3) is 5.53. The highest BCUT2D eigenvalue weighted by atomic mass is 19.4. The fraction of sp³-hybridized carbons (Fsp3) is 0.308. The molecule has 0 N–H and O–H groups in total. The van der Waals surface area contributed by atoms with Crippen LogP contribution in [0.4, 0.5) is 35.1 Å². The summed E-state index contributed by atoms with van der Waals surface area (Å²) in [5, 5.41) is -1.42. The monoisotopic (exact) mass is 498 g/mol. The minimum atomic E-state index is -5.02. The van der Waals surface area contributed by atoms with Crippen LogP contribution in [-0.4, -0.2) is 6.18 Å². The molecule has 1 nitrogen and oxygen atoms in total. The Morgan fingerprint density at radius 3 is 2.09 bits per heavy atom. The highest BCUT2D eigenvalue weighted by Crippen LogP contribution is 2.37. The molecule has 0 amide bonds. The third-order valence-electron chi connectivity index (χ3n) is 5.95. The standard InChI is InChI=1S/C26H18F8O/c27-21-13-17-12-19(14-22(28)23(17)24(29)20(21)10-11-25(30,31)32)35-26(33,34)18-8-6-16(7-9-18)15-4-2-1-3-5-15/h6-9,12-15H,1-5H2. The van der Waals surface area contributed by atoms with Gasteiger partial charge in [-0.2, -0.15) is 22.0 Å². The zero-order chi connectivity index (χ0) is 25.4. The fourth-order valence-electron chi connectivity index (χ4n) is 4.29. The Morgan fingerprint density at radius 2 is 1.46 bits per heavy atom. The van der Waals surface area contributed by atoms with Crippen molar-refractivity contribution in [3.05, 3.63) is 76.6 Å². The second-order valence-corrected chi connectivity index (χ2v) is 8.37. The quantitative estimate of drug-likeness (QED) is 0.260. The summed E-state index contributed by atoms with van der Waals surface area (Å²) in [6.07, 6.45) is -3.63. The van der Waals surface area contributed by atoms with Crippen molar-refractivity contribution in [2.75, 3.05) is 0 Å².